The summed E-state index contributed by atoms with van der Waals surface area (Å²) in [5.41, 5.74) is 2.45. The SMILES string of the molecule is CC(=O)C1(c2ccccc2)CC1.CO.Cc1ccc(S(=O)(=O)O)cc1.O=C(O)C1(c2ccccc2)CC1. The molecule has 0 aliphatic heterocycles. The van der Waals surface area contributed by atoms with E-state index in [0.29, 0.717) is 5.78 Å². The highest BCUT2D eigenvalue weighted by molar-refractivity contribution is 7.85. The highest BCUT2D eigenvalue weighted by Gasteiger charge is 2.51. The van der Waals surface area contributed by atoms with Crippen LogP contribution in [-0.4, -0.2) is 42.0 Å². The molecule has 0 atom stereocenters. The summed E-state index contributed by atoms with van der Waals surface area (Å²) in [6.45, 7) is 3.54. The summed E-state index contributed by atoms with van der Waals surface area (Å²) in [4.78, 5) is 22.1. The molecule has 0 aromatic heterocycles. The van der Waals surface area contributed by atoms with Gasteiger partial charge in [-0.25, -0.2) is 0 Å². The molecule has 2 aliphatic rings. The largest absolute Gasteiger partial charge is 0.481 e. The Morgan fingerprint density at radius 2 is 1.08 bits per heavy atom. The number of aliphatic hydroxyl groups is 1. The van der Waals surface area contributed by atoms with Crippen LogP contribution in [0.3, 0.4) is 0 Å². The van der Waals surface area contributed by atoms with Gasteiger partial charge in [0.05, 0.1) is 15.7 Å². The van der Waals surface area contributed by atoms with Gasteiger partial charge in [-0.15, -0.1) is 0 Å². The third-order valence-electron chi connectivity index (χ3n) is 6.55. The Balaban J connectivity index is 0.000000189. The van der Waals surface area contributed by atoms with Gasteiger partial charge in [0.25, 0.3) is 10.1 Å². The van der Waals surface area contributed by atoms with E-state index in [-0.39, 0.29) is 10.3 Å². The van der Waals surface area contributed by atoms with Crippen molar-refractivity contribution in [3.05, 3.63) is 102 Å². The first-order valence-corrected chi connectivity index (χ1v) is 13.3. The zero-order chi connectivity index (χ0) is 27.7. The minimum Gasteiger partial charge on any atom is -0.481 e. The van der Waals surface area contributed by atoms with E-state index in [1.54, 1.807) is 19.1 Å². The van der Waals surface area contributed by atoms with Gasteiger partial charge in [0.1, 0.15) is 5.78 Å². The Morgan fingerprint density at radius 1 is 0.703 bits per heavy atom. The summed E-state index contributed by atoms with van der Waals surface area (Å²) in [5, 5.41) is 16.0. The van der Waals surface area contributed by atoms with E-state index < -0.39 is 21.5 Å². The number of hydrogen-bond donors (Lipinski definition) is 3. The number of aryl methyl sites for hydroxylation is 1. The van der Waals surface area contributed by atoms with E-state index >= 15 is 0 Å². The van der Waals surface area contributed by atoms with E-state index in [0.717, 1.165) is 43.9 Å². The van der Waals surface area contributed by atoms with Crippen molar-refractivity contribution in [3.63, 3.8) is 0 Å². The normalized spacial score (nSPS) is 15.7. The Morgan fingerprint density at radius 3 is 1.38 bits per heavy atom. The first-order valence-electron chi connectivity index (χ1n) is 11.9. The van der Waals surface area contributed by atoms with Crippen molar-refractivity contribution < 1.29 is 32.8 Å². The third-order valence-corrected chi connectivity index (χ3v) is 7.42. The van der Waals surface area contributed by atoms with Crippen LogP contribution in [0.4, 0.5) is 0 Å². The van der Waals surface area contributed by atoms with E-state index in [1.807, 2.05) is 55.5 Å². The van der Waals surface area contributed by atoms with Crippen LogP contribution in [0, 0.1) is 6.92 Å². The van der Waals surface area contributed by atoms with Crippen molar-refractivity contribution in [3.8, 4) is 0 Å². The van der Waals surface area contributed by atoms with Gasteiger partial charge < -0.3 is 10.2 Å². The number of aliphatic carboxylic acids is 1. The van der Waals surface area contributed by atoms with Gasteiger partial charge in [0, 0.05) is 7.11 Å². The van der Waals surface area contributed by atoms with E-state index in [9.17, 15) is 18.0 Å². The number of carboxylic acids is 1. The molecule has 0 bridgehead atoms. The summed E-state index contributed by atoms with van der Waals surface area (Å²) < 4.78 is 29.6. The number of carbonyl (C=O) groups is 2. The monoisotopic (exact) mass is 526 g/mol. The number of benzene rings is 3. The van der Waals surface area contributed by atoms with Gasteiger partial charge in [-0.2, -0.15) is 8.42 Å². The van der Waals surface area contributed by atoms with Crippen molar-refractivity contribution in [1.82, 2.24) is 0 Å². The molecule has 2 fully saturated rings. The molecule has 5 rings (SSSR count). The lowest BCUT2D eigenvalue weighted by atomic mass is 9.92. The first-order chi connectivity index (χ1) is 17.5. The fraction of sp³-hybridized carbons (Fsp3) is 0.310. The van der Waals surface area contributed by atoms with Crippen LogP contribution in [-0.2, 0) is 30.5 Å². The molecule has 37 heavy (non-hydrogen) atoms. The second-order valence-electron chi connectivity index (χ2n) is 9.05. The number of rotatable bonds is 5. The Hall–Kier alpha value is -3.33. The molecule has 3 aromatic carbocycles. The zero-order valence-electron chi connectivity index (χ0n) is 21.3. The molecule has 2 saturated carbocycles. The number of carbonyl (C=O) groups excluding carboxylic acids is 1. The van der Waals surface area contributed by atoms with Crippen molar-refractivity contribution in [2.75, 3.05) is 7.11 Å². The summed E-state index contributed by atoms with van der Waals surface area (Å²) in [7, 11) is -3.02. The maximum atomic E-state index is 11.3. The lowest BCUT2D eigenvalue weighted by Crippen LogP contribution is -2.19. The highest BCUT2D eigenvalue weighted by atomic mass is 32.2. The van der Waals surface area contributed by atoms with E-state index in [2.05, 4.69) is 12.1 Å². The van der Waals surface area contributed by atoms with Crippen molar-refractivity contribution >= 4 is 21.9 Å². The predicted octanol–water partition coefficient (Wildman–Crippen LogP) is 4.96. The quantitative estimate of drug-likeness (QED) is 0.401. The summed E-state index contributed by atoms with van der Waals surface area (Å²) in [6, 6.07) is 25.5. The van der Waals surface area contributed by atoms with Crippen LogP contribution in [0.2, 0.25) is 0 Å². The molecule has 0 radical (unpaired) electrons. The second kappa shape index (κ2) is 12.8. The lowest BCUT2D eigenvalue weighted by Gasteiger charge is -2.10. The summed E-state index contributed by atoms with van der Waals surface area (Å²) in [6.07, 6.45) is 3.64. The third kappa shape index (κ3) is 7.82. The van der Waals surface area contributed by atoms with Crippen molar-refractivity contribution in [1.29, 1.82) is 0 Å². The molecule has 0 saturated heterocycles. The fourth-order valence-corrected chi connectivity index (χ4v) is 4.42. The topological polar surface area (TPSA) is 129 Å². The average Bonchev–Trinajstić information content (AvgIpc) is 3.81. The zero-order valence-corrected chi connectivity index (χ0v) is 22.1. The van der Waals surface area contributed by atoms with Gasteiger partial charge >= 0.3 is 5.97 Å². The predicted molar refractivity (Wildman–Crippen MR) is 142 cm³/mol. The molecule has 2 aliphatic carbocycles. The van der Waals surface area contributed by atoms with Crippen molar-refractivity contribution in [2.24, 2.45) is 0 Å². The molecule has 3 N–H and O–H groups in total. The minimum absolute atomic E-state index is 0.0666. The van der Waals surface area contributed by atoms with Crippen LogP contribution in [0.5, 0.6) is 0 Å². The summed E-state index contributed by atoms with van der Waals surface area (Å²) in [5.74, 6) is -0.373. The molecule has 198 valence electrons. The fourth-order valence-electron chi connectivity index (χ4n) is 3.94. The van der Waals surface area contributed by atoms with Gasteiger partial charge in [0.2, 0.25) is 0 Å². The standard InChI is InChI=1S/C11H12O.C10H10O2.C7H8O3S.CH4O/c1-9(12)11(7-8-11)10-5-3-2-4-6-10;11-9(12)10(6-7-10)8-4-2-1-3-5-8;1-6-2-4-7(5-3-6)11(8,9)10;1-2/h2-6H,7-8H2,1H3;1-5H,6-7H2,(H,11,12);2-5H,1H3,(H,8,9,10);2H,1H3. The molecular weight excluding hydrogens is 492 g/mol. The molecule has 8 heteroatoms. The number of aliphatic hydroxyl groups excluding tert-OH is 1. The van der Waals surface area contributed by atoms with Gasteiger partial charge in [0.15, 0.2) is 0 Å². The van der Waals surface area contributed by atoms with Crippen molar-refractivity contribution in [2.45, 2.75) is 55.3 Å². The molecule has 7 nitrogen and oxygen atoms in total. The number of hydrogen-bond acceptors (Lipinski definition) is 5. The average molecular weight is 527 g/mol. The van der Waals surface area contributed by atoms with E-state index in [1.165, 1.54) is 17.7 Å². The lowest BCUT2D eigenvalue weighted by molar-refractivity contribution is -0.140. The molecule has 0 unspecified atom stereocenters. The second-order valence-corrected chi connectivity index (χ2v) is 10.5. The number of carboxylic acid groups (broad SMARTS) is 1. The maximum absolute atomic E-state index is 11.3. The smallest absolute Gasteiger partial charge is 0.314 e. The van der Waals surface area contributed by atoms with E-state index in [4.69, 9.17) is 14.8 Å². The van der Waals surface area contributed by atoms with Gasteiger partial charge in [-0.1, -0.05) is 78.4 Å². The number of ketones is 1. The molecule has 3 aromatic rings. The van der Waals surface area contributed by atoms with Crippen LogP contribution in [0.15, 0.2) is 89.8 Å². The molecular formula is C29H34O7S. The molecule has 0 spiro atoms. The van der Waals surface area contributed by atoms with Crippen LogP contribution in [0.25, 0.3) is 0 Å². The van der Waals surface area contributed by atoms with Crippen LogP contribution in [0.1, 0.15) is 49.3 Å². The molecule has 0 heterocycles. The number of Topliss-reactive ketones (excluding diaryl/α,β-unsaturated/α-hetero) is 1. The summed E-state index contributed by atoms with van der Waals surface area (Å²) >= 11 is 0. The molecule has 0 amide bonds. The highest BCUT2D eigenvalue weighted by Crippen LogP contribution is 2.49. The Kier molecular flexibility index (Phi) is 10.3. The van der Waals surface area contributed by atoms with Gasteiger partial charge in [-0.05, 0) is 62.8 Å². The van der Waals surface area contributed by atoms with Gasteiger partial charge in [-0.3, -0.25) is 14.1 Å². The maximum Gasteiger partial charge on any atom is 0.314 e. The Labute approximate surface area is 218 Å². The van der Waals surface area contributed by atoms with Crippen LogP contribution >= 0.6 is 0 Å². The minimum atomic E-state index is -4.02. The Bertz CT molecular complexity index is 1200. The first kappa shape index (κ1) is 29.9. The van der Waals surface area contributed by atoms with Crippen LogP contribution < -0.4 is 0 Å².